The Hall–Kier alpha value is -2.43. The number of aliphatic carboxylic acids is 1. The molecule has 1 aromatic heterocycles. The molecule has 1 aliphatic heterocycles. The van der Waals surface area contributed by atoms with E-state index in [4.69, 9.17) is 16.1 Å². The van der Waals surface area contributed by atoms with Crippen LogP contribution in [0.4, 0.5) is 4.39 Å². The largest absolute Gasteiger partial charge is 0.480 e. The van der Waals surface area contributed by atoms with Gasteiger partial charge in [-0.15, -0.1) is 11.8 Å². The van der Waals surface area contributed by atoms with Gasteiger partial charge in [0.05, 0.1) is 16.0 Å². The number of Topliss-reactive ketones (excluding diaryl/α,β-unsaturated/α-hetero) is 1. The Labute approximate surface area is 186 Å². The normalized spacial score (nSPS) is 21.0. The maximum absolute atomic E-state index is 14.4. The van der Waals surface area contributed by atoms with Crippen molar-refractivity contribution in [3.8, 4) is 11.3 Å². The molecule has 166 valence electrons. The number of carbonyl (C=O) groups is 3. The van der Waals surface area contributed by atoms with Gasteiger partial charge in [-0.25, -0.2) is 4.39 Å². The summed E-state index contributed by atoms with van der Waals surface area (Å²) in [6.07, 6.45) is 0. The van der Waals surface area contributed by atoms with Crippen molar-refractivity contribution < 1.29 is 28.4 Å². The van der Waals surface area contributed by atoms with E-state index in [1.54, 1.807) is 13.8 Å². The fourth-order valence-electron chi connectivity index (χ4n) is 3.47. The number of benzene rings is 1. The minimum Gasteiger partial charge on any atom is -0.480 e. The van der Waals surface area contributed by atoms with Crippen molar-refractivity contribution in [2.45, 2.75) is 49.9 Å². The van der Waals surface area contributed by atoms with Crippen LogP contribution in [0.15, 0.2) is 22.7 Å². The average Bonchev–Trinajstić information content (AvgIpc) is 3.18. The predicted molar refractivity (Wildman–Crippen MR) is 114 cm³/mol. The average molecular weight is 470 g/mol. The second-order valence-corrected chi connectivity index (χ2v) is 9.90. The summed E-state index contributed by atoms with van der Waals surface area (Å²) in [6, 6.07) is 2.10. The van der Waals surface area contributed by atoms with E-state index >= 15 is 0 Å². The molecule has 2 aromatic rings. The summed E-state index contributed by atoms with van der Waals surface area (Å²) in [5, 5.41) is 18.1. The number of hydrogen-bond acceptors (Lipinski definition) is 7. The summed E-state index contributed by atoms with van der Waals surface area (Å²) in [5.41, 5.74) is -0.238. The van der Waals surface area contributed by atoms with Crippen LogP contribution in [0.25, 0.3) is 11.3 Å². The molecule has 3 N–H and O–H groups in total. The summed E-state index contributed by atoms with van der Waals surface area (Å²) in [6.45, 7) is 6.26. The van der Waals surface area contributed by atoms with Crippen molar-refractivity contribution in [1.82, 2.24) is 15.8 Å². The van der Waals surface area contributed by atoms with Gasteiger partial charge in [-0.2, -0.15) is 0 Å². The van der Waals surface area contributed by atoms with Crippen LogP contribution in [-0.4, -0.2) is 50.1 Å². The Morgan fingerprint density at radius 1 is 1.39 bits per heavy atom. The zero-order valence-electron chi connectivity index (χ0n) is 17.2. The molecule has 3 rings (SSSR count). The molecular weight excluding hydrogens is 449 g/mol. The molecule has 1 aliphatic rings. The zero-order chi connectivity index (χ0) is 23.1. The lowest BCUT2D eigenvalue weighted by Gasteiger charge is -2.23. The number of nitrogens with one attached hydrogen (secondary N) is 2. The van der Waals surface area contributed by atoms with Gasteiger partial charge in [0.25, 0.3) is 5.91 Å². The lowest BCUT2D eigenvalue weighted by Crippen LogP contribution is -2.53. The minimum absolute atomic E-state index is 0.0459. The fourth-order valence-corrected chi connectivity index (χ4v) is 5.28. The topological polar surface area (TPSA) is 122 Å². The van der Waals surface area contributed by atoms with Gasteiger partial charge in [-0.05, 0) is 39.8 Å². The molecule has 31 heavy (non-hydrogen) atoms. The molecule has 8 nitrogen and oxygen atoms in total. The van der Waals surface area contributed by atoms with E-state index in [1.165, 1.54) is 43.8 Å². The van der Waals surface area contributed by atoms with E-state index in [0.29, 0.717) is 0 Å². The number of rotatable bonds is 6. The second-order valence-electron chi connectivity index (χ2n) is 7.70. The maximum atomic E-state index is 14.4. The van der Waals surface area contributed by atoms with Crippen molar-refractivity contribution in [2.75, 3.05) is 0 Å². The second kappa shape index (κ2) is 8.60. The van der Waals surface area contributed by atoms with Gasteiger partial charge >= 0.3 is 5.97 Å². The number of aryl methyl sites for hydroxylation is 1. The van der Waals surface area contributed by atoms with E-state index in [1.807, 2.05) is 0 Å². The number of amides is 1. The van der Waals surface area contributed by atoms with Gasteiger partial charge in [0.2, 0.25) is 0 Å². The molecule has 1 amide bonds. The van der Waals surface area contributed by atoms with Crippen LogP contribution in [0.1, 0.15) is 36.9 Å². The highest BCUT2D eigenvalue weighted by Gasteiger charge is 2.48. The quantitative estimate of drug-likeness (QED) is 0.590. The first-order valence-electron chi connectivity index (χ1n) is 9.32. The number of halogens is 2. The number of aromatic nitrogens is 1. The zero-order valence-corrected chi connectivity index (χ0v) is 18.7. The first kappa shape index (κ1) is 23.2. The molecule has 0 saturated carbocycles. The van der Waals surface area contributed by atoms with E-state index in [-0.39, 0.29) is 33.4 Å². The molecule has 11 heteroatoms. The third-order valence-electron chi connectivity index (χ3n) is 5.02. The number of carboxylic acid groups (broad SMARTS) is 1. The van der Waals surface area contributed by atoms with Crippen LogP contribution in [0.2, 0.25) is 5.02 Å². The van der Waals surface area contributed by atoms with Gasteiger partial charge in [-0.1, -0.05) is 22.8 Å². The van der Waals surface area contributed by atoms with E-state index in [0.717, 1.165) is 0 Å². The molecular formula is C20H21ClFN3O5S. The molecule has 1 saturated heterocycles. The SMILES string of the molecule is CC(=O)[C@@H](NC(=O)c1c(-c2c(F)cccc2Cl)noc1C)[C@@H]1N[C@@H](C(=O)O)C(C)(C)S1. The van der Waals surface area contributed by atoms with Crippen LogP contribution < -0.4 is 10.6 Å². The van der Waals surface area contributed by atoms with Crippen molar-refractivity contribution in [3.63, 3.8) is 0 Å². The molecule has 2 heterocycles. The molecule has 1 fully saturated rings. The fraction of sp³-hybridized carbons (Fsp3) is 0.400. The Kier molecular flexibility index (Phi) is 6.45. The van der Waals surface area contributed by atoms with Gasteiger partial charge < -0.3 is 14.9 Å². The monoisotopic (exact) mass is 469 g/mol. The smallest absolute Gasteiger partial charge is 0.322 e. The molecule has 0 bridgehead atoms. The summed E-state index contributed by atoms with van der Waals surface area (Å²) in [7, 11) is 0. The molecule has 0 spiro atoms. The van der Waals surface area contributed by atoms with Crippen LogP contribution in [0, 0.1) is 12.7 Å². The lowest BCUT2D eigenvalue weighted by atomic mass is 10.0. The highest BCUT2D eigenvalue weighted by atomic mass is 35.5. The van der Waals surface area contributed by atoms with E-state index in [2.05, 4.69) is 15.8 Å². The maximum Gasteiger partial charge on any atom is 0.322 e. The summed E-state index contributed by atoms with van der Waals surface area (Å²) < 4.78 is 18.8. The van der Waals surface area contributed by atoms with Gasteiger partial charge in [0.1, 0.15) is 34.9 Å². The van der Waals surface area contributed by atoms with Gasteiger partial charge in [0, 0.05) is 4.75 Å². The molecule has 3 atom stereocenters. The third-order valence-corrected chi connectivity index (χ3v) is 6.84. The Bertz CT molecular complexity index is 1040. The van der Waals surface area contributed by atoms with Crippen LogP contribution >= 0.6 is 23.4 Å². The van der Waals surface area contributed by atoms with Crippen molar-refractivity contribution in [1.29, 1.82) is 0 Å². The van der Waals surface area contributed by atoms with Crippen LogP contribution in [0.3, 0.4) is 0 Å². The third kappa shape index (κ3) is 4.46. The lowest BCUT2D eigenvalue weighted by molar-refractivity contribution is -0.140. The Balaban J connectivity index is 1.93. The molecule has 1 aromatic carbocycles. The summed E-state index contributed by atoms with van der Waals surface area (Å²) in [4.78, 5) is 37.0. The number of thioether (sulfide) groups is 1. The number of nitrogens with zero attached hydrogens (tertiary/aromatic N) is 1. The van der Waals surface area contributed by atoms with E-state index < -0.39 is 39.9 Å². The summed E-state index contributed by atoms with van der Waals surface area (Å²) in [5.74, 6) is -2.71. The van der Waals surface area contributed by atoms with E-state index in [9.17, 15) is 23.9 Å². The number of ketones is 1. The number of carboxylic acids is 1. The highest BCUT2D eigenvalue weighted by Crippen LogP contribution is 2.39. The first-order valence-corrected chi connectivity index (χ1v) is 10.6. The Morgan fingerprint density at radius 2 is 2.06 bits per heavy atom. The minimum atomic E-state index is -1.06. The van der Waals surface area contributed by atoms with Crippen LogP contribution in [-0.2, 0) is 9.59 Å². The summed E-state index contributed by atoms with van der Waals surface area (Å²) >= 11 is 7.35. The number of carbonyl (C=O) groups excluding carboxylic acids is 2. The van der Waals surface area contributed by atoms with Crippen molar-refractivity contribution in [3.05, 3.63) is 40.4 Å². The molecule has 0 radical (unpaired) electrons. The Morgan fingerprint density at radius 3 is 2.61 bits per heavy atom. The van der Waals surface area contributed by atoms with Crippen molar-refractivity contribution in [2.24, 2.45) is 0 Å². The first-order chi connectivity index (χ1) is 14.4. The van der Waals surface area contributed by atoms with Gasteiger partial charge in [-0.3, -0.25) is 19.7 Å². The van der Waals surface area contributed by atoms with Gasteiger partial charge in [0.15, 0.2) is 5.78 Å². The highest BCUT2D eigenvalue weighted by molar-refractivity contribution is 8.01. The molecule has 0 aliphatic carbocycles. The van der Waals surface area contributed by atoms with Crippen LogP contribution in [0.5, 0.6) is 0 Å². The number of hydrogen-bond donors (Lipinski definition) is 3. The molecule has 0 unspecified atom stereocenters. The van der Waals surface area contributed by atoms with Crippen molar-refractivity contribution >= 4 is 41.0 Å². The standard InChI is InChI=1S/C20H21ClFN3O5S/c1-8(26)14(18-24-16(19(28)29)20(3,4)31-18)23-17(27)12-9(2)30-25-15(12)13-10(21)6-5-7-11(13)22/h5-7,14,16,18,24H,1-4H3,(H,23,27)(H,28,29)/t14-,16+,18-/m1/s1. The predicted octanol–water partition coefficient (Wildman–Crippen LogP) is 3.02.